The zero-order chi connectivity index (χ0) is 21.9. The topological polar surface area (TPSA) is 88.9 Å². The molecular formula is C21H25N5O2S2. The number of aromatic nitrogens is 3. The number of thioether (sulfide) groups is 1. The third kappa shape index (κ3) is 5.28. The summed E-state index contributed by atoms with van der Waals surface area (Å²) in [5.74, 6) is 0.825. The molecule has 2 aromatic heterocycles. The normalized spacial score (nSPS) is 11.4. The molecule has 0 aliphatic carbocycles. The SMILES string of the molecule is Cc1cc(NC(=O)C(C)(C)C)ccc1NC(=O)CSc1nnc(-c2cccs2)n1C. The summed E-state index contributed by atoms with van der Waals surface area (Å²) in [5.41, 5.74) is 1.83. The van der Waals surface area contributed by atoms with Gasteiger partial charge >= 0.3 is 0 Å². The summed E-state index contributed by atoms with van der Waals surface area (Å²) in [6.45, 7) is 7.48. The highest BCUT2D eigenvalue weighted by Crippen LogP contribution is 2.26. The average Bonchev–Trinajstić information content (AvgIpc) is 3.31. The first kappa shape index (κ1) is 22.0. The molecule has 2 N–H and O–H groups in total. The van der Waals surface area contributed by atoms with Crippen LogP contribution in [0.15, 0.2) is 40.9 Å². The van der Waals surface area contributed by atoms with E-state index in [4.69, 9.17) is 0 Å². The summed E-state index contributed by atoms with van der Waals surface area (Å²) < 4.78 is 1.89. The van der Waals surface area contributed by atoms with Crippen molar-refractivity contribution in [2.75, 3.05) is 16.4 Å². The summed E-state index contributed by atoms with van der Waals surface area (Å²) in [6, 6.07) is 9.40. The molecule has 0 radical (unpaired) electrons. The number of hydrogen-bond acceptors (Lipinski definition) is 6. The van der Waals surface area contributed by atoms with Gasteiger partial charge in [0.25, 0.3) is 0 Å². The van der Waals surface area contributed by atoms with Crippen LogP contribution in [-0.2, 0) is 16.6 Å². The number of nitrogens with one attached hydrogen (secondary N) is 2. The van der Waals surface area contributed by atoms with Crippen molar-refractivity contribution in [2.24, 2.45) is 12.5 Å². The second-order valence-corrected chi connectivity index (χ2v) is 9.80. The molecule has 0 saturated heterocycles. The summed E-state index contributed by atoms with van der Waals surface area (Å²) in [7, 11) is 1.89. The van der Waals surface area contributed by atoms with E-state index in [1.165, 1.54) is 11.8 Å². The molecule has 0 bridgehead atoms. The lowest BCUT2D eigenvalue weighted by molar-refractivity contribution is -0.123. The second-order valence-electron chi connectivity index (χ2n) is 7.91. The monoisotopic (exact) mass is 443 g/mol. The minimum Gasteiger partial charge on any atom is -0.326 e. The first-order chi connectivity index (χ1) is 14.1. The van der Waals surface area contributed by atoms with Crippen LogP contribution in [-0.4, -0.2) is 32.3 Å². The van der Waals surface area contributed by atoms with E-state index in [9.17, 15) is 9.59 Å². The number of rotatable bonds is 6. The summed E-state index contributed by atoms with van der Waals surface area (Å²) >= 11 is 2.94. The molecule has 0 saturated carbocycles. The lowest BCUT2D eigenvalue weighted by atomic mass is 9.95. The highest BCUT2D eigenvalue weighted by atomic mass is 32.2. The van der Waals surface area contributed by atoms with Gasteiger partial charge < -0.3 is 15.2 Å². The molecule has 0 aliphatic heterocycles. The van der Waals surface area contributed by atoms with Crippen molar-refractivity contribution < 1.29 is 9.59 Å². The summed E-state index contributed by atoms with van der Waals surface area (Å²) in [6.07, 6.45) is 0. The predicted octanol–water partition coefficient (Wildman–Crippen LogP) is 4.57. The Labute approximate surface area is 184 Å². The molecule has 3 rings (SSSR count). The van der Waals surface area contributed by atoms with E-state index < -0.39 is 5.41 Å². The van der Waals surface area contributed by atoms with Crippen molar-refractivity contribution in [3.05, 3.63) is 41.3 Å². The maximum absolute atomic E-state index is 12.4. The highest BCUT2D eigenvalue weighted by molar-refractivity contribution is 7.99. The Hall–Kier alpha value is -2.65. The van der Waals surface area contributed by atoms with Crippen LogP contribution in [0, 0.1) is 12.3 Å². The Morgan fingerprint density at radius 1 is 1.17 bits per heavy atom. The highest BCUT2D eigenvalue weighted by Gasteiger charge is 2.21. The largest absolute Gasteiger partial charge is 0.326 e. The molecule has 0 unspecified atom stereocenters. The van der Waals surface area contributed by atoms with Gasteiger partial charge in [-0.15, -0.1) is 21.5 Å². The van der Waals surface area contributed by atoms with E-state index in [-0.39, 0.29) is 17.6 Å². The Kier molecular flexibility index (Phi) is 6.62. The predicted molar refractivity (Wildman–Crippen MR) is 123 cm³/mol. The van der Waals surface area contributed by atoms with Crippen molar-refractivity contribution >= 4 is 46.3 Å². The van der Waals surface area contributed by atoms with Crippen molar-refractivity contribution in [2.45, 2.75) is 32.9 Å². The van der Waals surface area contributed by atoms with Crippen LogP contribution in [0.2, 0.25) is 0 Å². The van der Waals surface area contributed by atoms with Gasteiger partial charge in [0.05, 0.1) is 10.6 Å². The van der Waals surface area contributed by atoms with Crippen LogP contribution in [0.4, 0.5) is 11.4 Å². The zero-order valence-electron chi connectivity index (χ0n) is 17.6. The van der Waals surface area contributed by atoms with Crippen molar-refractivity contribution in [1.82, 2.24) is 14.8 Å². The minimum absolute atomic E-state index is 0.0549. The first-order valence-electron chi connectivity index (χ1n) is 9.43. The summed E-state index contributed by atoms with van der Waals surface area (Å²) in [5, 5.41) is 16.9. The molecule has 2 amide bonds. The fraction of sp³-hybridized carbons (Fsp3) is 0.333. The van der Waals surface area contributed by atoms with Gasteiger partial charge in [0.15, 0.2) is 11.0 Å². The van der Waals surface area contributed by atoms with E-state index in [1.807, 2.05) is 62.9 Å². The first-order valence-corrected chi connectivity index (χ1v) is 11.3. The molecule has 1 aromatic carbocycles. The Balaban J connectivity index is 1.58. The number of amides is 2. The minimum atomic E-state index is -0.471. The van der Waals surface area contributed by atoms with Gasteiger partial charge in [-0.2, -0.15) is 0 Å². The smallest absolute Gasteiger partial charge is 0.234 e. The van der Waals surface area contributed by atoms with Crippen molar-refractivity contribution in [3.63, 3.8) is 0 Å². The molecule has 2 heterocycles. The van der Waals surface area contributed by atoms with Gasteiger partial charge in [-0.3, -0.25) is 9.59 Å². The molecule has 158 valence electrons. The lowest BCUT2D eigenvalue weighted by Crippen LogP contribution is -2.27. The van der Waals surface area contributed by atoms with Crippen LogP contribution < -0.4 is 10.6 Å². The molecule has 0 spiro atoms. The number of nitrogens with zero attached hydrogens (tertiary/aromatic N) is 3. The molecule has 0 aliphatic rings. The number of benzene rings is 1. The van der Waals surface area contributed by atoms with Gasteiger partial charge in [0, 0.05) is 23.8 Å². The number of aryl methyl sites for hydroxylation is 1. The lowest BCUT2D eigenvalue weighted by Gasteiger charge is -2.18. The third-order valence-electron chi connectivity index (χ3n) is 4.35. The number of thiophene rings is 1. The van der Waals surface area contributed by atoms with E-state index in [0.29, 0.717) is 16.5 Å². The van der Waals surface area contributed by atoms with Crippen LogP contribution in [0.5, 0.6) is 0 Å². The number of hydrogen-bond donors (Lipinski definition) is 2. The fourth-order valence-corrected chi connectivity index (χ4v) is 4.03. The van der Waals surface area contributed by atoms with Gasteiger partial charge in [0.1, 0.15) is 0 Å². The number of anilines is 2. The number of carbonyl (C=O) groups excluding carboxylic acids is 2. The van der Waals surface area contributed by atoms with Gasteiger partial charge in [-0.05, 0) is 42.1 Å². The van der Waals surface area contributed by atoms with E-state index in [0.717, 1.165) is 16.3 Å². The maximum atomic E-state index is 12.4. The standard InChI is InChI=1S/C21H25N5O2S2/c1-13-11-14(22-19(28)21(2,3)4)8-9-15(13)23-17(27)12-30-20-25-24-18(26(20)5)16-7-6-10-29-16/h6-11H,12H2,1-5H3,(H,22,28)(H,23,27). The summed E-state index contributed by atoms with van der Waals surface area (Å²) in [4.78, 5) is 25.6. The van der Waals surface area contributed by atoms with Crippen LogP contribution in [0.3, 0.4) is 0 Å². The third-order valence-corrected chi connectivity index (χ3v) is 6.23. The van der Waals surface area contributed by atoms with Crippen LogP contribution in [0.1, 0.15) is 26.3 Å². The molecule has 0 atom stereocenters. The molecule has 30 heavy (non-hydrogen) atoms. The Morgan fingerprint density at radius 2 is 1.93 bits per heavy atom. The van der Waals surface area contributed by atoms with Gasteiger partial charge in [0.2, 0.25) is 11.8 Å². The second kappa shape index (κ2) is 9.01. The fourth-order valence-electron chi connectivity index (χ4n) is 2.58. The van der Waals surface area contributed by atoms with E-state index >= 15 is 0 Å². The molecule has 0 fully saturated rings. The van der Waals surface area contributed by atoms with Gasteiger partial charge in [-0.1, -0.05) is 38.6 Å². The van der Waals surface area contributed by atoms with Crippen molar-refractivity contribution in [3.8, 4) is 10.7 Å². The Morgan fingerprint density at radius 3 is 2.57 bits per heavy atom. The molecule has 7 nitrogen and oxygen atoms in total. The van der Waals surface area contributed by atoms with Crippen LogP contribution in [0.25, 0.3) is 10.7 Å². The molecule has 9 heteroatoms. The number of carbonyl (C=O) groups is 2. The molecular weight excluding hydrogens is 418 g/mol. The van der Waals surface area contributed by atoms with E-state index in [1.54, 1.807) is 23.5 Å². The quantitative estimate of drug-likeness (QED) is 0.545. The van der Waals surface area contributed by atoms with Crippen LogP contribution >= 0.6 is 23.1 Å². The van der Waals surface area contributed by atoms with Gasteiger partial charge in [-0.25, -0.2) is 0 Å². The maximum Gasteiger partial charge on any atom is 0.234 e. The van der Waals surface area contributed by atoms with E-state index in [2.05, 4.69) is 20.8 Å². The molecule has 3 aromatic rings. The Bertz CT molecular complexity index is 1050. The average molecular weight is 444 g/mol. The zero-order valence-corrected chi connectivity index (χ0v) is 19.3. The van der Waals surface area contributed by atoms with Crippen molar-refractivity contribution in [1.29, 1.82) is 0 Å².